The topological polar surface area (TPSA) is 122 Å². The van der Waals surface area contributed by atoms with Gasteiger partial charge in [0.15, 0.2) is 10.1 Å². The molecule has 0 aromatic carbocycles. The van der Waals surface area contributed by atoms with E-state index in [0.29, 0.717) is 4.90 Å². The predicted octanol–water partition coefficient (Wildman–Crippen LogP) is -0.0124. The van der Waals surface area contributed by atoms with Crippen LogP contribution in [0.5, 0.6) is 0 Å². The highest BCUT2D eigenvalue weighted by atomic mass is 32.2. The van der Waals surface area contributed by atoms with Gasteiger partial charge in [-0.1, -0.05) is 6.58 Å². The van der Waals surface area contributed by atoms with Gasteiger partial charge in [-0.3, -0.25) is 4.79 Å². The summed E-state index contributed by atoms with van der Waals surface area (Å²) in [5, 5.41) is -5.34. The minimum absolute atomic E-state index is 0.193. The Balaban J connectivity index is 3.36. The van der Waals surface area contributed by atoms with Crippen LogP contribution in [0.1, 0.15) is 0 Å². The number of alkyl halides is 5. The molecule has 1 heterocycles. The number of halogens is 5. The van der Waals surface area contributed by atoms with E-state index in [1.807, 2.05) is 0 Å². The lowest BCUT2D eigenvalue weighted by molar-refractivity contribution is -0.356. The molecular weight excluding hydrogens is 413 g/mol. The number of hydrogen-bond acceptors (Lipinski definition) is 8. The van der Waals surface area contributed by atoms with Crippen LogP contribution in [0.3, 0.4) is 0 Å². The Morgan fingerprint density at radius 2 is 1.70 bits per heavy atom. The van der Waals surface area contributed by atoms with Crippen molar-refractivity contribution in [3.63, 3.8) is 0 Å². The Bertz CT molecular complexity index is 688. The molecular formula is C12H13F5NO8S-. The molecule has 1 saturated heterocycles. The first-order valence-electron chi connectivity index (χ1n) is 6.94. The fourth-order valence-electron chi connectivity index (χ4n) is 1.81. The van der Waals surface area contributed by atoms with Gasteiger partial charge in [0.25, 0.3) is 0 Å². The maximum atomic E-state index is 13.6. The summed E-state index contributed by atoms with van der Waals surface area (Å²) in [7, 11) is -6.44. The second-order valence-corrected chi connectivity index (χ2v) is 6.53. The van der Waals surface area contributed by atoms with Crippen molar-refractivity contribution in [1.29, 1.82) is 0 Å². The number of hydrogen-bond donors (Lipinski definition) is 0. The fraction of sp³-hybridized carbons (Fsp3) is 0.667. The number of carbonyl (C=O) groups is 2. The first kappa shape index (κ1) is 23.2. The van der Waals surface area contributed by atoms with Crippen molar-refractivity contribution in [2.75, 3.05) is 32.9 Å². The lowest BCUT2D eigenvalue weighted by atomic mass is 10.2. The summed E-state index contributed by atoms with van der Waals surface area (Å²) in [5.74, 6) is -8.60. The van der Waals surface area contributed by atoms with Gasteiger partial charge in [-0.25, -0.2) is 13.2 Å². The SMILES string of the molecule is C=CC(=O)OC(OCC(F)(F)S(=O)(=O)[O-])(C(=O)N1CCOCC1)C(F)(F)F. The van der Waals surface area contributed by atoms with Crippen molar-refractivity contribution in [3.8, 4) is 0 Å². The third-order valence-corrected chi connectivity index (χ3v) is 4.02. The molecule has 0 aliphatic carbocycles. The maximum absolute atomic E-state index is 13.6. The highest BCUT2D eigenvalue weighted by Crippen LogP contribution is 2.39. The largest absolute Gasteiger partial charge is 0.743 e. The van der Waals surface area contributed by atoms with Crippen LogP contribution in [0.4, 0.5) is 22.0 Å². The molecule has 0 saturated carbocycles. The zero-order valence-electron chi connectivity index (χ0n) is 13.3. The van der Waals surface area contributed by atoms with E-state index in [2.05, 4.69) is 16.1 Å². The van der Waals surface area contributed by atoms with Gasteiger partial charge in [0.05, 0.1) is 13.2 Å². The average Bonchev–Trinajstić information content (AvgIpc) is 2.56. The minimum atomic E-state index is -6.44. The lowest BCUT2D eigenvalue weighted by Gasteiger charge is -2.38. The van der Waals surface area contributed by atoms with Crippen LogP contribution in [-0.4, -0.2) is 79.9 Å². The summed E-state index contributed by atoms with van der Waals surface area (Å²) in [5.41, 5.74) is 0. The highest BCUT2D eigenvalue weighted by molar-refractivity contribution is 7.86. The van der Waals surface area contributed by atoms with Crippen LogP contribution in [0.15, 0.2) is 12.7 Å². The van der Waals surface area contributed by atoms with Crippen LogP contribution < -0.4 is 0 Å². The Morgan fingerprint density at radius 1 is 1.19 bits per heavy atom. The highest BCUT2D eigenvalue weighted by Gasteiger charge is 2.68. The first-order valence-corrected chi connectivity index (χ1v) is 8.35. The standard InChI is InChI=1S/C12H14F5NO8S/c1-2-8(19)26-11(12(15,16)17,9(20)18-3-5-24-6-4-18)25-7-10(13,14)27(21,22)23/h2H,1,3-7H2,(H,21,22,23)/p-1. The Morgan fingerprint density at radius 3 is 2.11 bits per heavy atom. The van der Waals surface area contributed by atoms with Crippen molar-refractivity contribution in [2.24, 2.45) is 0 Å². The van der Waals surface area contributed by atoms with Crippen molar-refractivity contribution >= 4 is 22.0 Å². The van der Waals surface area contributed by atoms with Gasteiger partial charge in [0.2, 0.25) is 0 Å². The van der Waals surface area contributed by atoms with E-state index in [0.717, 1.165) is 0 Å². The third kappa shape index (κ3) is 5.12. The van der Waals surface area contributed by atoms with E-state index < -0.39 is 58.9 Å². The van der Waals surface area contributed by atoms with E-state index in [9.17, 15) is 44.5 Å². The smallest absolute Gasteiger partial charge is 0.466 e. The molecule has 15 heteroatoms. The van der Waals surface area contributed by atoms with E-state index in [1.165, 1.54) is 0 Å². The van der Waals surface area contributed by atoms with E-state index in [4.69, 9.17) is 4.74 Å². The quantitative estimate of drug-likeness (QED) is 0.183. The second-order valence-electron chi connectivity index (χ2n) is 5.02. The van der Waals surface area contributed by atoms with E-state index in [1.54, 1.807) is 0 Å². The van der Waals surface area contributed by atoms with Crippen LogP contribution in [-0.2, 0) is 33.9 Å². The first-order chi connectivity index (χ1) is 12.2. The molecule has 0 N–H and O–H groups in total. The number of rotatable bonds is 7. The molecule has 156 valence electrons. The molecule has 1 aliphatic heterocycles. The number of esters is 1. The summed E-state index contributed by atoms with van der Waals surface area (Å²) < 4.78 is 111. The number of nitrogens with zero attached hydrogens (tertiary/aromatic N) is 1. The normalized spacial score (nSPS) is 18.5. The lowest BCUT2D eigenvalue weighted by Crippen LogP contribution is -2.64. The maximum Gasteiger partial charge on any atom is 0.466 e. The molecule has 0 radical (unpaired) electrons. The summed E-state index contributed by atoms with van der Waals surface area (Å²) in [6.45, 7) is -1.16. The Hall–Kier alpha value is -1.84. The number of carbonyl (C=O) groups excluding carboxylic acids is 2. The molecule has 0 aromatic rings. The molecule has 9 nitrogen and oxygen atoms in total. The van der Waals surface area contributed by atoms with Gasteiger partial charge >= 0.3 is 29.1 Å². The molecule has 0 aromatic heterocycles. The number of ether oxygens (including phenoxy) is 3. The minimum Gasteiger partial charge on any atom is -0.743 e. The molecule has 0 spiro atoms. The summed E-state index contributed by atoms with van der Waals surface area (Å²) in [4.78, 5) is 24.1. The monoisotopic (exact) mass is 426 g/mol. The summed E-state index contributed by atoms with van der Waals surface area (Å²) >= 11 is 0. The molecule has 1 rings (SSSR count). The van der Waals surface area contributed by atoms with Crippen molar-refractivity contribution in [1.82, 2.24) is 4.90 Å². The van der Waals surface area contributed by atoms with Crippen molar-refractivity contribution < 1.29 is 58.7 Å². The molecule has 1 fully saturated rings. The molecule has 1 aliphatic rings. The predicted molar refractivity (Wildman–Crippen MR) is 73.1 cm³/mol. The molecule has 1 unspecified atom stereocenters. The van der Waals surface area contributed by atoms with Crippen LogP contribution >= 0.6 is 0 Å². The number of amides is 1. The van der Waals surface area contributed by atoms with Gasteiger partial charge in [-0.05, 0) is 0 Å². The van der Waals surface area contributed by atoms with Gasteiger partial charge in [-0.2, -0.15) is 22.0 Å². The van der Waals surface area contributed by atoms with Gasteiger partial charge < -0.3 is 23.7 Å². The molecule has 27 heavy (non-hydrogen) atoms. The Labute approximate surface area is 149 Å². The summed E-state index contributed by atoms with van der Waals surface area (Å²) in [6, 6.07) is 0. The van der Waals surface area contributed by atoms with Crippen molar-refractivity contribution in [3.05, 3.63) is 12.7 Å². The van der Waals surface area contributed by atoms with Crippen LogP contribution in [0, 0.1) is 0 Å². The molecule has 0 bridgehead atoms. The zero-order valence-corrected chi connectivity index (χ0v) is 14.1. The number of morpholine rings is 1. The van der Waals surface area contributed by atoms with E-state index in [-0.39, 0.29) is 19.3 Å². The average molecular weight is 426 g/mol. The zero-order chi connectivity index (χ0) is 21.1. The third-order valence-electron chi connectivity index (χ3n) is 3.17. The Kier molecular flexibility index (Phi) is 6.90. The van der Waals surface area contributed by atoms with Gasteiger partial charge in [0.1, 0.15) is 6.61 Å². The molecule has 1 atom stereocenters. The van der Waals surface area contributed by atoms with Gasteiger partial charge in [0, 0.05) is 19.2 Å². The summed E-state index contributed by atoms with van der Waals surface area (Å²) in [6.07, 6.45) is -5.72. The van der Waals surface area contributed by atoms with Crippen LogP contribution in [0.2, 0.25) is 0 Å². The van der Waals surface area contributed by atoms with E-state index >= 15 is 0 Å². The van der Waals surface area contributed by atoms with Gasteiger partial charge in [-0.15, -0.1) is 0 Å². The second kappa shape index (κ2) is 8.04. The molecule has 1 amide bonds. The van der Waals surface area contributed by atoms with Crippen molar-refractivity contribution in [2.45, 2.75) is 17.2 Å². The van der Waals surface area contributed by atoms with Crippen LogP contribution in [0.25, 0.3) is 0 Å². The fourth-order valence-corrected chi connectivity index (χ4v) is 2.01.